The van der Waals surface area contributed by atoms with Crippen LogP contribution in [0.3, 0.4) is 0 Å². The molecule has 9 aromatic rings. The highest BCUT2D eigenvalue weighted by Crippen LogP contribution is 2.51. The summed E-state index contributed by atoms with van der Waals surface area (Å²) in [7, 11) is 0. The predicted molar refractivity (Wildman–Crippen MR) is 223 cm³/mol. The zero-order valence-corrected chi connectivity index (χ0v) is 28.2. The molecule has 0 N–H and O–H groups in total. The minimum atomic E-state index is 0.0666. The molecule has 0 aromatic heterocycles. The number of hydrogen-bond donors (Lipinski definition) is 0. The Morgan fingerprint density at radius 3 is 1.58 bits per heavy atom. The van der Waals surface area contributed by atoms with Crippen LogP contribution in [0, 0.1) is 0 Å². The molecule has 0 saturated carbocycles. The fraction of sp³-hybridized carbons (Fsp3) is 0. The topological polar surface area (TPSA) is 6.48 Å². The molecule has 13 rings (SSSR count). The summed E-state index contributed by atoms with van der Waals surface area (Å²) in [4.78, 5) is 5.27. The van der Waals surface area contributed by atoms with E-state index in [1.807, 2.05) is 0 Å². The molecule has 0 atom stereocenters. The average molecular weight is 654 g/mol. The molecule has 0 spiro atoms. The zero-order chi connectivity index (χ0) is 33.7. The summed E-state index contributed by atoms with van der Waals surface area (Å²) in [5.74, 6) is 0. The molecule has 4 aliphatic rings. The smallest absolute Gasteiger partial charge is 0.329 e. The molecule has 0 saturated heterocycles. The molecule has 0 unspecified atom stereocenters. The van der Waals surface area contributed by atoms with Gasteiger partial charge in [-0.05, 0) is 95.0 Å². The molecule has 0 fully saturated rings. The standard InChI is InChI=1S/C48H28B2N2/c1-2-13-29(14-3-1)51-44-26-25-37-35-20-9-11-23-41(35)50-40-22-10-8-19-34(40)36-21-12-24-42-47(36)52(50)48(37)46(44)49(42)43-27-38-32-17-6-4-15-30(32)31-16-5-7-18-33(31)39(38)28-45(43)51/h1-28H. The van der Waals surface area contributed by atoms with Gasteiger partial charge in [-0.1, -0.05) is 146 Å². The van der Waals surface area contributed by atoms with E-state index in [1.54, 1.807) is 0 Å². The Morgan fingerprint density at radius 2 is 0.885 bits per heavy atom. The lowest BCUT2D eigenvalue weighted by atomic mass is 9.30. The van der Waals surface area contributed by atoms with E-state index in [-0.39, 0.29) is 13.6 Å². The number of para-hydroxylation sites is 2. The van der Waals surface area contributed by atoms with Gasteiger partial charge in [0.15, 0.2) is 0 Å². The van der Waals surface area contributed by atoms with Gasteiger partial charge in [0.05, 0.1) is 0 Å². The summed E-state index contributed by atoms with van der Waals surface area (Å²) in [5.41, 5.74) is 18.7. The van der Waals surface area contributed by atoms with Crippen LogP contribution in [-0.4, -0.2) is 13.6 Å². The maximum Gasteiger partial charge on any atom is 0.329 e. The molecular formula is C48H28B2N2. The van der Waals surface area contributed by atoms with E-state index < -0.39 is 0 Å². The number of benzene rings is 9. The first-order valence-corrected chi connectivity index (χ1v) is 18.3. The van der Waals surface area contributed by atoms with Crippen molar-refractivity contribution in [2.45, 2.75) is 0 Å². The monoisotopic (exact) mass is 654 g/mol. The highest BCUT2D eigenvalue weighted by atomic mass is 15.2. The molecule has 2 nitrogen and oxygen atoms in total. The number of rotatable bonds is 1. The van der Waals surface area contributed by atoms with Crippen molar-refractivity contribution < 1.29 is 0 Å². The van der Waals surface area contributed by atoms with Crippen molar-refractivity contribution >= 4 is 102 Å². The third kappa shape index (κ3) is 3.21. The molecule has 9 aromatic carbocycles. The van der Waals surface area contributed by atoms with Crippen LogP contribution in [-0.2, 0) is 0 Å². The van der Waals surface area contributed by atoms with Crippen LogP contribution < -0.4 is 37.0 Å². The molecular weight excluding hydrogens is 626 g/mol. The number of fused-ring (bicyclic) bond motifs is 15. The maximum atomic E-state index is 2.72. The summed E-state index contributed by atoms with van der Waals surface area (Å²) in [5, 5.41) is 7.83. The largest absolute Gasteiger partial charge is 0.377 e. The second-order valence-corrected chi connectivity index (χ2v) is 14.7. The van der Waals surface area contributed by atoms with Gasteiger partial charge in [0.25, 0.3) is 6.71 Å². The number of anilines is 5. The molecule has 0 aliphatic carbocycles. The minimum Gasteiger partial charge on any atom is -0.377 e. The summed E-state index contributed by atoms with van der Waals surface area (Å²) in [6.45, 7) is 0.163. The lowest BCUT2D eigenvalue weighted by Gasteiger charge is -2.51. The fourth-order valence-corrected chi connectivity index (χ4v) is 10.5. The molecule has 52 heavy (non-hydrogen) atoms. The Bertz CT molecular complexity index is 3060. The highest BCUT2D eigenvalue weighted by Gasteiger charge is 2.51. The first-order chi connectivity index (χ1) is 25.8. The van der Waals surface area contributed by atoms with E-state index in [9.17, 15) is 0 Å². The van der Waals surface area contributed by atoms with Gasteiger partial charge in [-0.15, -0.1) is 0 Å². The van der Waals surface area contributed by atoms with Gasteiger partial charge in [0.1, 0.15) is 0 Å². The summed E-state index contributed by atoms with van der Waals surface area (Å²) >= 11 is 0. The first kappa shape index (κ1) is 27.2. The number of nitrogens with zero attached hydrogens (tertiary/aromatic N) is 2. The SMILES string of the molecule is c1ccc(N2c3cc4c5ccccc5c5ccccc5c4cc3B3c4cccc5c4N4B(c6ccccc6-5)c5ccccc5-c5ccc2c3c54)cc1. The quantitative estimate of drug-likeness (QED) is 0.129. The molecule has 0 bridgehead atoms. The second kappa shape index (κ2) is 9.63. The van der Waals surface area contributed by atoms with E-state index in [0.29, 0.717) is 0 Å². The van der Waals surface area contributed by atoms with Crippen molar-refractivity contribution in [1.29, 1.82) is 0 Å². The lowest BCUT2D eigenvalue weighted by molar-refractivity contribution is 1.28. The van der Waals surface area contributed by atoms with E-state index in [1.165, 1.54) is 110 Å². The van der Waals surface area contributed by atoms with Crippen LogP contribution in [0.4, 0.5) is 28.4 Å². The van der Waals surface area contributed by atoms with Crippen LogP contribution in [0.5, 0.6) is 0 Å². The maximum absolute atomic E-state index is 2.72. The Labute approximate surface area is 302 Å². The Morgan fingerprint density at radius 1 is 0.346 bits per heavy atom. The van der Waals surface area contributed by atoms with Gasteiger partial charge in [-0.3, -0.25) is 0 Å². The third-order valence-corrected chi connectivity index (χ3v) is 12.4. The minimum absolute atomic E-state index is 0.0666. The Balaban J connectivity index is 1.24. The fourth-order valence-electron chi connectivity index (χ4n) is 10.5. The molecule has 4 aliphatic heterocycles. The van der Waals surface area contributed by atoms with Gasteiger partial charge >= 0.3 is 6.85 Å². The van der Waals surface area contributed by atoms with Crippen molar-refractivity contribution in [2.75, 3.05) is 9.71 Å². The van der Waals surface area contributed by atoms with Crippen LogP contribution in [0.2, 0.25) is 0 Å². The Hall–Kier alpha value is -6.51. The van der Waals surface area contributed by atoms with E-state index in [2.05, 4.69) is 180 Å². The first-order valence-electron chi connectivity index (χ1n) is 18.3. The van der Waals surface area contributed by atoms with E-state index >= 15 is 0 Å². The van der Waals surface area contributed by atoms with Crippen molar-refractivity contribution in [2.24, 2.45) is 0 Å². The summed E-state index contributed by atoms with van der Waals surface area (Å²) in [6.07, 6.45) is 0. The van der Waals surface area contributed by atoms with Gasteiger partial charge in [0.2, 0.25) is 0 Å². The van der Waals surface area contributed by atoms with Crippen LogP contribution in [0.25, 0.3) is 54.6 Å². The third-order valence-electron chi connectivity index (χ3n) is 12.4. The van der Waals surface area contributed by atoms with Crippen molar-refractivity contribution in [3.8, 4) is 22.3 Å². The molecule has 0 amide bonds. The van der Waals surface area contributed by atoms with E-state index in [4.69, 9.17) is 0 Å². The second-order valence-electron chi connectivity index (χ2n) is 14.7. The molecule has 0 radical (unpaired) electrons. The van der Waals surface area contributed by atoms with Crippen LogP contribution >= 0.6 is 0 Å². The van der Waals surface area contributed by atoms with E-state index in [0.717, 1.165) is 0 Å². The van der Waals surface area contributed by atoms with Crippen molar-refractivity contribution in [1.82, 2.24) is 0 Å². The van der Waals surface area contributed by atoms with Crippen molar-refractivity contribution in [3.63, 3.8) is 0 Å². The average Bonchev–Trinajstić information content (AvgIpc) is 3.22. The lowest BCUT2D eigenvalue weighted by Crippen LogP contribution is -2.69. The van der Waals surface area contributed by atoms with Crippen LogP contribution in [0.1, 0.15) is 0 Å². The van der Waals surface area contributed by atoms with Crippen LogP contribution in [0.15, 0.2) is 170 Å². The Kier molecular flexibility index (Phi) is 5.04. The molecule has 4 heterocycles. The zero-order valence-electron chi connectivity index (χ0n) is 28.2. The van der Waals surface area contributed by atoms with Gasteiger partial charge in [0, 0.05) is 39.6 Å². The van der Waals surface area contributed by atoms with Gasteiger partial charge in [-0.25, -0.2) is 0 Å². The number of hydrogen-bond acceptors (Lipinski definition) is 2. The highest BCUT2D eigenvalue weighted by molar-refractivity contribution is 7.03. The normalized spacial score (nSPS) is 14.0. The predicted octanol–water partition coefficient (Wildman–Crippen LogP) is 8.66. The van der Waals surface area contributed by atoms with Crippen molar-refractivity contribution in [3.05, 3.63) is 170 Å². The molecule has 236 valence electrons. The summed E-state index contributed by atoms with van der Waals surface area (Å²) in [6, 6.07) is 64.1. The van der Waals surface area contributed by atoms with Gasteiger partial charge < -0.3 is 9.71 Å². The van der Waals surface area contributed by atoms with Gasteiger partial charge in [-0.2, -0.15) is 0 Å². The summed E-state index contributed by atoms with van der Waals surface area (Å²) < 4.78 is 0. The molecule has 4 heteroatoms.